The number of pyridine rings is 1. The summed E-state index contributed by atoms with van der Waals surface area (Å²) in [6.45, 7) is 3.25. The van der Waals surface area contributed by atoms with Crippen LogP contribution in [0.25, 0.3) is 0 Å². The average Bonchev–Trinajstić information content (AvgIpc) is 3.60. The molecule has 2 saturated heterocycles. The minimum atomic E-state index is -1.27. The summed E-state index contributed by atoms with van der Waals surface area (Å²) in [6.07, 6.45) is 7.32. The summed E-state index contributed by atoms with van der Waals surface area (Å²) in [4.78, 5) is 32.3. The molecule has 36 heavy (non-hydrogen) atoms. The number of anilines is 1. The number of benzene rings is 1. The van der Waals surface area contributed by atoms with E-state index in [2.05, 4.69) is 20.5 Å². The van der Waals surface area contributed by atoms with Gasteiger partial charge in [-0.15, -0.1) is 0 Å². The first-order valence-corrected chi connectivity index (χ1v) is 13.1. The predicted octanol–water partition coefficient (Wildman–Crippen LogP) is 4.89. The molecule has 5 rings (SSSR count). The van der Waals surface area contributed by atoms with E-state index in [1.807, 2.05) is 12.1 Å². The number of hydrogen-bond donors (Lipinski definition) is 2. The largest absolute Gasteiger partial charge is 0.476 e. The normalized spacial score (nSPS) is 23.4. The van der Waals surface area contributed by atoms with E-state index in [-0.39, 0.29) is 45.7 Å². The zero-order valence-corrected chi connectivity index (χ0v) is 21.7. The molecule has 2 amide bonds. The van der Waals surface area contributed by atoms with Crippen molar-refractivity contribution in [2.24, 2.45) is 0 Å². The molecule has 3 heterocycles. The van der Waals surface area contributed by atoms with Crippen molar-refractivity contribution in [2.45, 2.75) is 82.1 Å². The van der Waals surface area contributed by atoms with Crippen molar-refractivity contribution >= 4 is 40.8 Å². The molecule has 10 heteroatoms. The second kappa shape index (κ2) is 9.71. The number of fused-ring (bicyclic) bond motifs is 2. The number of nitrogens with one attached hydrogen (secondary N) is 2. The Hall–Kier alpha value is -2.58. The predicted molar refractivity (Wildman–Crippen MR) is 136 cm³/mol. The monoisotopic (exact) mass is 534 g/mol. The second-order valence-electron chi connectivity index (χ2n) is 10.4. The molecule has 2 aromatic rings. The van der Waals surface area contributed by atoms with Crippen LogP contribution in [0.2, 0.25) is 10.0 Å². The quantitative estimate of drug-likeness (QED) is 0.494. The Morgan fingerprint density at radius 3 is 2.33 bits per heavy atom. The average molecular weight is 535 g/mol. The Kier molecular flexibility index (Phi) is 6.76. The van der Waals surface area contributed by atoms with E-state index < -0.39 is 11.4 Å². The van der Waals surface area contributed by atoms with Crippen LogP contribution in [0.4, 0.5) is 10.2 Å². The van der Waals surface area contributed by atoms with E-state index in [0.29, 0.717) is 11.6 Å². The Morgan fingerprint density at radius 2 is 1.72 bits per heavy atom. The smallest absolute Gasteiger partial charge is 0.263 e. The second-order valence-corrected chi connectivity index (χ2v) is 11.2. The summed E-state index contributed by atoms with van der Waals surface area (Å²) < 4.78 is 19.7. The lowest BCUT2D eigenvalue weighted by molar-refractivity contribution is -0.135. The molecule has 0 radical (unpaired) electrons. The number of carbonyl (C=O) groups is 2. The van der Waals surface area contributed by atoms with Gasteiger partial charge >= 0.3 is 0 Å². The van der Waals surface area contributed by atoms with Gasteiger partial charge in [0.1, 0.15) is 17.4 Å². The topological polar surface area (TPSA) is 83.6 Å². The van der Waals surface area contributed by atoms with Gasteiger partial charge in [-0.1, -0.05) is 23.2 Å². The zero-order chi connectivity index (χ0) is 25.6. The highest BCUT2D eigenvalue weighted by Crippen LogP contribution is 2.39. The third kappa shape index (κ3) is 5.25. The van der Waals surface area contributed by atoms with E-state index in [1.54, 1.807) is 20.0 Å². The first kappa shape index (κ1) is 25.1. The molecule has 1 aliphatic carbocycles. The zero-order valence-electron chi connectivity index (χ0n) is 20.2. The first-order chi connectivity index (χ1) is 17.1. The number of aromatic nitrogens is 1. The molecule has 2 aliphatic heterocycles. The number of carbonyl (C=O) groups excluding carboxylic acids is 2. The Labute approximate surface area is 219 Å². The molecule has 1 aromatic carbocycles. The lowest BCUT2D eigenvalue weighted by Crippen LogP contribution is -2.55. The molecule has 1 aromatic heterocycles. The van der Waals surface area contributed by atoms with Crippen LogP contribution < -0.4 is 20.3 Å². The third-order valence-corrected chi connectivity index (χ3v) is 7.73. The molecule has 3 fully saturated rings. The Bertz CT molecular complexity index is 1160. The number of amides is 2. The summed E-state index contributed by atoms with van der Waals surface area (Å²) in [5, 5.41) is 6.13. The number of hydrogen-bond acceptors (Lipinski definition) is 5. The number of halogens is 3. The fourth-order valence-electron chi connectivity index (χ4n) is 5.10. The summed E-state index contributed by atoms with van der Waals surface area (Å²) in [5.41, 5.74) is -0.693. The van der Waals surface area contributed by atoms with Crippen molar-refractivity contribution in [3.63, 3.8) is 0 Å². The van der Waals surface area contributed by atoms with Crippen LogP contribution in [0.5, 0.6) is 5.75 Å². The molecular formula is C26H29Cl2FN4O3. The van der Waals surface area contributed by atoms with Crippen molar-refractivity contribution in [2.75, 3.05) is 4.90 Å². The van der Waals surface area contributed by atoms with Gasteiger partial charge in [0.25, 0.3) is 11.8 Å². The number of piperidine rings is 1. The highest BCUT2D eigenvalue weighted by Gasteiger charge is 2.43. The maximum atomic E-state index is 13.9. The van der Waals surface area contributed by atoms with Gasteiger partial charge < -0.3 is 20.3 Å². The van der Waals surface area contributed by atoms with Crippen LogP contribution in [0.15, 0.2) is 30.5 Å². The lowest BCUT2D eigenvalue weighted by atomic mass is 9.96. The van der Waals surface area contributed by atoms with Crippen LogP contribution in [0.1, 0.15) is 62.7 Å². The number of ether oxygens (including phenoxy) is 1. The molecule has 3 atom stereocenters. The number of nitrogens with zero attached hydrogens (tertiary/aromatic N) is 2. The van der Waals surface area contributed by atoms with E-state index in [9.17, 15) is 14.0 Å². The molecule has 2 bridgehead atoms. The summed E-state index contributed by atoms with van der Waals surface area (Å²) in [5.74, 6) is -0.113. The lowest BCUT2D eigenvalue weighted by Gasteiger charge is -2.40. The Balaban J connectivity index is 1.20. The van der Waals surface area contributed by atoms with Crippen molar-refractivity contribution < 1.29 is 18.7 Å². The van der Waals surface area contributed by atoms with Crippen LogP contribution >= 0.6 is 23.2 Å². The van der Waals surface area contributed by atoms with Crippen molar-refractivity contribution in [1.82, 2.24) is 15.6 Å². The van der Waals surface area contributed by atoms with Crippen molar-refractivity contribution in [3.05, 3.63) is 51.9 Å². The maximum absolute atomic E-state index is 13.9. The van der Waals surface area contributed by atoms with Crippen molar-refractivity contribution in [1.29, 1.82) is 0 Å². The molecule has 0 unspecified atom stereocenters. The van der Waals surface area contributed by atoms with Crippen LogP contribution in [-0.4, -0.2) is 46.6 Å². The first-order valence-electron chi connectivity index (χ1n) is 12.3. The molecule has 192 valence electrons. The van der Waals surface area contributed by atoms with E-state index in [1.165, 1.54) is 6.07 Å². The summed E-state index contributed by atoms with van der Waals surface area (Å²) in [6, 6.07) is 6.88. The van der Waals surface area contributed by atoms with E-state index >= 15 is 0 Å². The fraction of sp³-hybridized carbons (Fsp3) is 0.500. The van der Waals surface area contributed by atoms with Gasteiger partial charge in [0.05, 0.1) is 15.6 Å². The van der Waals surface area contributed by atoms with Gasteiger partial charge in [0.2, 0.25) is 0 Å². The molecule has 3 aliphatic rings. The molecule has 2 N–H and O–H groups in total. The van der Waals surface area contributed by atoms with Gasteiger partial charge in [-0.2, -0.15) is 0 Å². The van der Waals surface area contributed by atoms with Gasteiger partial charge in [0, 0.05) is 36.4 Å². The minimum Gasteiger partial charge on any atom is -0.476 e. The Morgan fingerprint density at radius 1 is 1.03 bits per heavy atom. The molecule has 7 nitrogen and oxygen atoms in total. The van der Waals surface area contributed by atoms with Crippen LogP contribution in [0, 0.1) is 5.82 Å². The van der Waals surface area contributed by atoms with E-state index in [4.69, 9.17) is 27.9 Å². The minimum absolute atomic E-state index is 0.0184. The van der Waals surface area contributed by atoms with E-state index in [0.717, 1.165) is 50.4 Å². The third-order valence-electron chi connectivity index (χ3n) is 7.14. The highest BCUT2D eigenvalue weighted by molar-refractivity contribution is 6.35. The molecule has 0 spiro atoms. The number of rotatable bonds is 7. The van der Waals surface area contributed by atoms with Crippen LogP contribution in [-0.2, 0) is 4.79 Å². The highest BCUT2D eigenvalue weighted by atomic mass is 35.5. The summed E-state index contributed by atoms with van der Waals surface area (Å²) in [7, 11) is 0. The van der Waals surface area contributed by atoms with Crippen LogP contribution in [0.3, 0.4) is 0 Å². The van der Waals surface area contributed by atoms with Gasteiger partial charge in [-0.3, -0.25) is 9.59 Å². The SMILES string of the molecule is CC(C)(Oc1cc(F)c(Cl)cc1Cl)C(=O)N[C@H]1C[C@H]2CC[C@@H](C1)N2c1ccc(C(=O)NC2CC2)cn1. The standard InChI is InChI=1S/C26H29Cl2FN4O3/c1-26(2,36-22-12-21(29)19(27)11-20(22)28)25(35)32-16-9-17-6-7-18(10-16)33(17)23-8-3-14(13-30-23)24(34)31-15-4-5-15/h3,8,11-13,15-18H,4-7,9-10H2,1-2H3,(H,31,34)(H,32,35)/t16-,17+,18-. The van der Waals surface area contributed by atoms with Crippen molar-refractivity contribution in [3.8, 4) is 5.75 Å². The molecule has 1 saturated carbocycles. The summed E-state index contributed by atoms with van der Waals surface area (Å²) >= 11 is 11.9. The van der Waals surface area contributed by atoms with Gasteiger partial charge in [-0.25, -0.2) is 9.37 Å². The maximum Gasteiger partial charge on any atom is 0.263 e. The molecular weight excluding hydrogens is 506 g/mol. The fourth-order valence-corrected chi connectivity index (χ4v) is 5.52. The van der Waals surface area contributed by atoms with Gasteiger partial charge in [0.15, 0.2) is 5.60 Å². The van der Waals surface area contributed by atoms with Gasteiger partial charge in [-0.05, 0) is 70.6 Å².